The van der Waals surface area contributed by atoms with E-state index in [2.05, 4.69) is 18.0 Å². The molecule has 1 aromatic rings. The minimum atomic E-state index is -0.559. The smallest absolute Gasteiger partial charge is 0.403 e. The summed E-state index contributed by atoms with van der Waals surface area (Å²) in [5.41, 5.74) is 0.799. The molecule has 0 aromatic heterocycles. The Bertz CT molecular complexity index is 824. The van der Waals surface area contributed by atoms with E-state index in [9.17, 15) is 8.78 Å². The number of nitrogens with zero attached hydrogens (tertiary/aromatic N) is 1. The lowest BCUT2D eigenvalue weighted by Gasteiger charge is -2.32. The van der Waals surface area contributed by atoms with Crippen molar-refractivity contribution in [1.29, 1.82) is 0 Å². The Morgan fingerprint density at radius 1 is 1.17 bits per heavy atom. The van der Waals surface area contributed by atoms with Crippen LogP contribution in [0.15, 0.2) is 47.0 Å². The summed E-state index contributed by atoms with van der Waals surface area (Å²) in [6.07, 6.45) is 7.39. The first-order valence-electron chi connectivity index (χ1n) is 10.3. The Morgan fingerprint density at radius 3 is 2.31 bits per heavy atom. The minimum Gasteiger partial charge on any atom is -0.403 e. The minimum absolute atomic E-state index is 0.0000177. The van der Waals surface area contributed by atoms with Gasteiger partial charge in [0.2, 0.25) is 0 Å². The van der Waals surface area contributed by atoms with E-state index < -0.39 is 11.6 Å². The summed E-state index contributed by atoms with van der Waals surface area (Å²) in [4.78, 5) is 4.63. The van der Waals surface area contributed by atoms with Gasteiger partial charge in [0.1, 0.15) is 11.6 Å². The van der Waals surface area contributed by atoms with E-state index in [1.165, 1.54) is 18.2 Å². The van der Waals surface area contributed by atoms with Crippen LogP contribution in [0.4, 0.5) is 8.78 Å². The van der Waals surface area contributed by atoms with Crippen LogP contribution in [0.25, 0.3) is 0 Å². The highest BCUT2D eigenvalue weighted by molar-refractivity contribution is 6.48. The van der Waals surface area contributed by atoms with E-state index in [0.717, 1.165) is 12.0 Å². The molecule has 0 spiro atoms. The molecule has 0 saturated carbocycles. The zero-order chi connectivity index (χ0) is 21.4. The largest absolute Gasteiger partial charge is 0.464 e. The monoisotopic (exact) mass is 401 g/mol. The van der Waals surface area contributed by atoms with Crippen molar-refractivity contribution >= 4 is 12.8 Å². The topological polar surface area (TPSA) is 30.8 Å². The van der Waals surface area contributed by atoms with Crippen LogP contribution in [0, 0.1) is 11.6 Å². The second kappa shape index (κ2) is 8.15. The number of benzene rings is 1. The van der Waals surface area contributed by atoms with E-state index in [-0.39, 0.29) is 35.7 Å². The maximum atomic E-state index is 14.1. The van der Waals surface area contributed by atoms with Crippen LogP contribution in [0.2, 0.25) is 5.82 Å². The molecule has 0 N–H and O–H groups in total. The maximum absolute atomic E-state index is 14.1. The normalized spacial score (nSPS) is 25.0. The van der Waals surface area contributed by atoms with Crippen molar-refractivity contribution in [2.75, 3.05) is 0 Å². The highest BCUT2D eigenvalue weighted by Gasteiger charge is 2.52. The molecule has 6 heteroatoms. The molecule has 1 saturated heterocycles. The van der Waals surface area contributed by atoms with Crippen molar-refractivity contribution in [3.05, 3.63) is 59.2 Å². The predicted octanol–water partition coefficient (Wildman–Crippen LogP) is 5.90. The number of allylic oxidation sites excluding steroid dienone is 2. The van der Waals surface area contributed by atoms with Gasteiger partial charge in [-0.05, 0) is 65.2 Å². The predicted molar refractivity (Wildman–Crippen MR) is 114 cm³/mol. The second-order valence-corrected chi connectivity index (χ2v) is 8.86. The fraction of sp³-hybridized carbons (Fsp3) is 0.522. The lowest BCUT2D eigenvalue weighted by Crippen LogP contribution is -2.41. The molecule has 2 atom stereocenters. The zero-order valence-corrected chi connectivity index (χ0v) is 18.1. The molecular formula is C23H30BF2NO2. The molecule has 2 unspecified atom stereocenters. The molecule has 2 aliphatic heterocycles. The Kier molecular flexibility index (Phi) is 6.16. The molecule has 3 nitrogen and oxygen atoms in total. The Morgan fingerprint density at radius 2 is 1.76 bits per heavy atom. The summed E-state index contributed by atoms with van der Waals surface area (Å²) in [5, 5.41) is 0. The molecule has 1 aromatic carbocycles. The fourth-order valence-electron chi connectivity index (χ4n) is 3.65. The molecule has 156 valence electrons. The van der Waals surface area contributed by atoms with Gasteiger partial charge in [-0.2, -0.15) is 0 Å². The highest BCUT2D eigenvalue weighted by Crippen LogP contribution is 2.40. The third-order valence-electron chi connectivity index (χ3n) is 6.23. The third kappa shape index (κ3) is 4.38. The molecule has 3 rings (SSSR count). The van der Waals surface area contributed by atoms with Crippen molar-refractivity contribution in [3.63, 3.8) is 0 Å². The van der Waals surface area contributed by atoms with Crippen molar-refractivity contribution in [3.8, 4) is 0 Å². The SMILES string of the molecule is C/C=C(\C=C/C(C)B1OC(C)(C)C(C)(C)O1)C1CCC(c2c(F)cccc2F)=N1. The van der Waals surface area contributed by atoms with Crippen molar-refractivity contribution < 1.29 is 18.1 Å². The first-order valence-corrected chi connectivity index (χ1v) is 10.3. The molecule has 2 heterocycles. The van der Waals surface area contributed by atoms with Crippen molar-refractivity contribution in [1.82, 2.24) is 0 Å². The van der Waals surface area contributed by atoms with Gasteiger partial charge in [0.25, 0.3) is 0 Å². The fourth-order valence-corrected chi connectivity index (χ4v) is 3.65. The van der Waals surface area contributed by atoms with E-state index >= 15 is 0 Å². The van der Waals surface area contributed by atoms with E-state index in [1.807, 2.05) is 46.8 Å². The first-order chi connectivity index (χ1) is 13.6. The zero-order valence-electron chi connectivity index (χ0n) is 18.1. The van der Waals surface area contributed by atoms with Crippen LogP contribution in [-0.4, -0.2) is 30.1 Å². The summed E-state index contributed by atoms with van der Waals surface area (Å²) in [7, 11) is -0.315. The van der Waals surface area contributed by atoms with Gasteiger partial charge in [0.05, 0.1) is 22.8 Å². The van der Waals surface area contributed by atoms with E-state index in [4.69, 9.17) is 9.31 Å². The molecule has 0 aliphatic carbocycles. The summed E-state index contributed by atoms with van der Waals surface area (Å²) < 4.78 is 40.4. The first kappa shape index (κ1) is 21.9. The number of aliphatic imine (C=N–C) groups is 1. The van der Waals surface area contributed by atoms with E-state index in [1.54, 1.807) is 0 Å². The molecule has 0 bridgehead atoms. The van der Waals surface area contributed by atoms with Gasteiger partial charge in [0.15, 0.2) is 0 Å². The van der Waals surface area contributed by atoms with E-state index in [0.29, 0.717) is 12.1 Å². The second-order valence-electron chi connectivity index (χ2n) is 8.86. The maximum Gasteiger partial charge on any atom is 0.464 e. The number of halogens is 2. The summed E-state index contributed by atoms with van der Waals surface area (Å²) in [6.45, 7) is 12.2. The van der Waals surface area contributed by atoms with Gasteiger partial charge in [-0.1, -0.05) is 31.2 Å². The van der Waals surface area contributed by atoms with Crippen LogP contribution in [0.5, 0.6) is 0 Å². The van der Waals surface area contributed by atoms with Gasteiger partial charge in [-0.3, -0.25) is 4.99 Å². The molecule has 29 heavy (non-hydrogen) atoms. The number of hydrogen-bond acceptors (Lipinski definition) is 3. The van der Waals surface area contributed by atoms with Gasteiger partial charge in [0, 0.05) is 11.5 Å². The standard InChI is InChI=1S/C23H30BF2NO2/c1-7-16(12-11-15(2)24-28-22(3,4)23(5,6)29-24)19-13-14-20(27-19)21-17(25)9-8-10-18(21)26/h7-12,15,19H,13-14H2,1-6H3/b12-11-,16-7+. The molecule has 2 aliphatic rings. The Labute approximate surface area is 173 Å². The van der Waals surface area contributed by atoms with Gasteiger partial charge < -0.3 is 9.31 Å². The molecular weight excluding hydrogens is 371 g/mol. The van der Waals surface area contributed by atoms with Crippen molar-refractivity contribution in [2.24, 2.45) is 4.99 Å². The van der Waals surface area contributed by atoms with Gasteiger partial charge >= 0.3 is 7.12 Å². The third-order valence-corrected chi connectivity index (χ3v) is 6.23. The van der Waals surface area contributed by atoms with Crippen LogP contribution in [-0.2, 0) is 9.31 Å². The highest BCUT2D eigenvalue weighted by atomic mass is 19.1. The van der Waals surface area contributed by atoms with Gasteiger partial charge in [-0.25, -0.2) is 8.78 Å². The van der Waals surface area contributed by atoms with Crippen LogP contribution < -0.4 is 0 Å². The number of rotatable bonds is 5. The summed E-state index contributed by atoms with van der Waals surface area (Å²) in [5.74, 6) is -1.06. The Balaban J connectivity index is 1.72. The quantitative estimate of drug-likeness (QED) is 0.454. The van der Waals surface area contributed by atoms with Crippen LogP contribution in [0.1, 0.15) is 59.9 Å². The van der Waals surface area contributed by atoms with Gasteiger partial charge in [-0.15, -0.1) is 0 Å². The average Bonchev–Trinajstić information content (AvgIpc) is 3.18. The average molecular weight is 401 g/mol. The van der Waals surface area contributed by atoms with Crippen LogP contribution >= 0.6 is 0 Å². The number of hydrogen-bond donors (Lipinski definition) is 0. The molecule has 0 radical (unpaired) electrons. The molecule has 1 fully saturated rings. The van der Waals surface area contributed by atoms with Crippen LogP contribution in [0.3, 0.4) is 0 Å². The summed E-state index contributed by atoms with van der Waals surface area (Å²) in [6, 6.07) is 3.82. The van der Waals surface area contributed by atoms with Crippen molar-refractivity contribution in [2.45, 2.75) is 77.4 Å². The lowest BCUT2D eigenvalue weighted by molar-refractivity contribution is 0.00578. The Hall–Kier alpha value is -1.79. The lowest BCUT2D eigenvalue weighted by atomic mass is 9.73. The molecule has 0 amide bonds. The summed E-state index contributed by atoms with van der Waals surface area (Å²) >= 11 is 0.